The van der Waals surface area contributed by atoms with Gasteiger partial charge in [0.1, 0.15) is 11.5 Å². The average Bonchev–Trinajstić information content (AvgIpc) is 3.20. The summed E-state index contributed by atoms with van der Waals surface area (Å²) >= 11 is 0. The van der Waals surface area contributed by atoms with Crippen molar-refractivity contribution in [2.75, 3.05) is 22.9 Å². The highest BCUT2D eigenvalue weighted by Crippen LogP contribution is 2.52. The van der Waals surface area contributed by atoms with Crippen molar-refractivity contribution in [1.82, 2.24) is 0 Å². The molecule has 0 aromatic heterocycles. The van der Waals surface area contributed by atoms with Gasteiger partial charge in [0.25, 0.3) is 0 Å². The van der Waals surface area contributed by atoms with Gasteiger partial charge in [-0.2, -0.15) is 0 Å². The topological polar surface area (TPSA) is 93.1 Å². The van der Waals surface area contributed by atoms with E-state index in [0.717, 1.165) is 65.2 Å². The van der Waals surface area contributed by atoms with Gasteiger partial charge in [0.15, 0.2) is 0 Å². The van der Waals surface area contributed by atoms with Crippen molar-refractivity contribution in [3.05, 3.63) is 157 Å². The first-order valence-corrected chi connectivity index (χ1v) is 19.9. The predicted octanol–water partition coefficient (Wildman–Crippen LogP) is 10.1. The molecule has 6 aromatic carbocycles. The Labute approximate surface area is 332 Å². The molecule has 0 saturated heterocycles. The molecule has 56 heavy (non-hydrogen) atoms. The number of nitrogens with zero attached hydrogens (tertiary/aromatic N) is 2. The molecule has 1 fully saturated rings. The van der Waals surface area contributed by atoms with E-state index in [9.17, 15) is 20.4 Å². The van der Waals surface area contributed by atoms with Crippen molar-refractivity contribution in [2.24, 2.45) is 11.8 Å². The fourth-order valence-electron chi connectivity index (χ4n) is 8.01. The minimum Gasteiger partial charge on any atom is -0.851 e. The number of phenols is 2. The first-order chi connectivity index (χ1) is 27.1. The Morgan fingerprint density at radius 3 is 1.32 bits per heavy atom. The van der Waals surface area contributed by atoms with Crippen molar-refractivity contribution in [1.29, 1.82) is 0 Å². The molecule has 0 aliphatic heterocycles. The van der Waals surface area contributed by atoms with Crippen molar-refractivity contribution in [3.8, 4) is 33.8 Å². The van der Waals surface area contributed by atoms with Crippen molar-refractivity contribution < 1.29 is 20.4 Å². The highest BCUT2D eigenvalue weighted by Gasteiger charge is 2.41. The van der Waals surface area contributed by atoms with Gasteiger partial charge in [-0.25, -0.2) is 0 Å². The number of phenolic OH excluding ortho intramolecular Hbond substituents is 2. The molecule has 0 heterocycles. The Hall–Kier alpha value is -5.56. The minimum absolute atomic E-state index is 0.0175. The Morgan fingerprint density at radius 1 is 0.500 bits per heavy atom. The lowest BCUT2D eigenvalue weighted by Crippen LogP contribution is -2.63. The van der Waals surface area contributed by atoms with E-state index in [0.29, 0.717) is 28.7 Å². The van der Waals surface area contributed by atoms with Crippen molar-refractivity contribution in [3.63, 3.8) is 0 Å². The second-order valence-corrected chi connectivity index (χ2v) is 15.9. The Kier molecular flexibility index (Phi) is 11.8. The molecule has 7 rings (SSSR count). The van der Waals surface area contributed by atoms with Crippen LogP contribution in [0.5, 0.6) is 11.5 Å². The molecular formula is C50H52N2O4-2. The number of rotatable bonds is 14. The van der Waals surface area contributed by atoms with Crippen LogP contribution in [0.3, 0.4) is 0 Å². The first-order valence-electron chi connectivity index (χ1n) is 19.9. The summed E-state index contributed by atoms with van der Waals surface area (Å²) in [6.07, 6.45) is -0.597. The smallest absolute Gasteiger partial charge is 0.121 e. The summed E-state index contributed by atoms with van der Waals surface area (Å²) < 4.78 is 0. The molecule has 0 spiro atoms. The first kappa shape index (κ1) is 38.7. The number of hydrogen-bond acceptors (Lipinski definition) is 6. The van der Waals surface area contributed by atoms with E-state index in [-0.39, 0.29) is 11.5 Å². The van der Waals surface area contributed by atoms with Crippen molar-refractivity contribution in [2.45, 2.75) is 64.6 Å². The van der Waals surface area contributed by atoms with Gasteiger partial charge >= 0.3 is 0 Å². The van der Waals surface area contributed by atoms with Crippen molar-refractivity contribution >= 4 is 22.7 Å². The van der Waals surface area contributed by atoms with E-state index in [1.807, 2.05) is 72.8 Å². The zero-order chi connectivity index (χ0) is 39.3. The monoisotopic (exact) mass is 744 g/mol. The largest absolute Gasteiger partial charge is 0.851 e. The lowest BCUT2D eigenvalue weighted by atomic mass is 9.63. The molecule has 0 amide bonds. The third kappa shape index (κ3) is 8.04. The van der Waals surface area contributed by atoms with Crippen LogP contribution in [0.2, 0.25) is 0 Å². The number of para-hydroxylation sites is 2. The Bertz CT molecular complexity index is 2120. The Balaban J connectivity index is 1.21. The van der Waals surface area contributed by atoms with Gasteiger partial charge in [0.2, 0.25) is 0 Å². The SMILES string of the molecule is CC(C)CCN(CCC(C)C)c1ccc(C2C([O-])C(c3ccc(N(c4ccccc4-c4ccccc4)c4ccccc4-c4ccccc4)cc3O)C2[O-])c(O)c1. The highest BCUT2D eigenvalue weighted by atomic mass is 16.3. The summed E-state index contributed by atoms with van der Waals surface area (Å²) in [6, 6.07) is 47.4. The fraction of sp³-hybridized carbons (Fsp3) is 0.280. The van der Waals surface area contributed by atoms with Gasteiger partial charge in [-0.1, -0.05) is 137 Å². The molecule has 1 saturated carbocycles. The summed E-state index contributed by atoms with van der Waals surface area (Å²) in [4.78, 5) is 4.42. The second-order valence-electron chi connectivity index (χ2n) is 15.9. The van der Waals surface area contributed by atoms with Gasteiger partial charge in [-0.3, -0.25) is 0 Å². The van der Waals surface area contributed by atoms with Crippen LogP contribution in [0, 0.1) is 11.8 Å². The number of benzene rings is 6. The summed E-state index contributed by atoms with van der Waals surface area (Å²) in [7, 11) is 0. The maximum atomic E-state index is 14.0. The number of aromatic hydroxyl groups is 2. The fourth-order valence-corrected chi connectivity index (χ4v) is 8.01. The average molecular weight is 745 g/mol. The zero-order valence-electron chi connectivity index (χ0n) is 32.8. The minimum atomic E-state index is -1.32. The van der Waals surface area contributed by atoms with E-state index < -0.39 is 24.0 Å². The van der Waals surface area contributed by atoms with Gasteiger partial charge in [0.05, 0.1) is 11.4 Å². The third-order valence-electron chi connectivity index (χ3n) is 11.2. The van der Waals surface area contributed by atoms with Crippen LogP contribution < -0.4 is 20.0 Å². The maximum absolute atomic E-state index is 14.0. The normalized spacial score (nSPS) is 17.9. The van der Waals surface area contributed by atoms with Crippen LogP contribution in [0.1, 0.15) is 63.5 Å². The molecule has 2 unspecified atom stereocenters. The summed E-state index contributed by atoms with van der Waals surface area (Å²) in [6.45, 7) is 10.5. The predicted molar refractivity (Wildman–Crippen MR) is 226 cm³/mol. The molecule has 2 N–H and O–H groups in total. The zero-order valence-corrected chi connectivity index (χ0v) is 32.8. The van der Waals surface area contributed by atoms with E-state index in [4.69, 9.17) is 0 Å². The summed E-state index contributed by atoms with van der Waals surface area (Å²) in [5.41, 5.74) is 8.23. The molecule has 6 heteroatoms. The van der Waals surface area contributed by atoms with E-state index >= 15 is 0 Å². The van der Waals surface area contributed by atoms with Crippen LogP contribution in [-0.2, 0) is 0 Å². The second kappa shape index (κ2) is 17.1. The summed E-state index contributed by atoms with van der Waals surface area (Å²) in [5, 5.41) is 50.9. The van der Waals surface area contributed by atoms with E-state index in [2.05, 4.69) is 86.0 Å². The van der Waals surface area contributed by atoms with Crippen LogP contribution in [0.15, 0.2) is 146 Å². The van der Waals surface area contributed by atoms with Crippen LogP contribution >= 0.6 is 0 Å². The van der Waals surface area contributed by atoms with Crippen LogP contribution in [-0.4, -0.2) is 35.5 Å². The van der Waals surface area contributed by atoms with Gasteiger partial charge in [-0.15, -0.1) is 12.2 Å². The highest BCUT2D eigenvalue weighted by molar-refractivity contribution is 5.93. The molecule has 2 atom stereocenters. The van der Waals surface area contributed by atoms with Gasteiger partial charge in [-0.05, 0) is 83.0 Å². The number of anilines is 4. The molecule has 0 bridgehead atoms. The standard InChI is InChI=1S/C50H52N2O4/c1-33(2)27-29-51(30-28-34(3)4)37-23-25-41(45(53)31-37)47-49(55)48(50(47)56)42-26-24-38(32-46(42)54)52(43-21-13-11-19-39(43)35-15-7-5-8-16-35)44-22-14-12-20-40(44)36-17-9-6-10-18-36/h5-26,31-34,47-50,53-54H,27-30H2,1-4H3/q-2. The molecule has 6 nitrogen and oxygen atoms in total. The molecule has 0 radical (unpaired) electrons. The van der Waals surface area contributed by atoms with Gasteiger partial charge < -0.3 is 30.2 Å². The van der Waals surface area contributed by atoms with E-state index in [1.54, 1.807) is 24.3 Å². The van der Waals surface area contributed by atoms with Gasteiger partial charge in [0, 0.05) is 47.7 Å². The molecular weight excluding hydrogens is 693 g/mol. The molecule has 288 valence electrons. The molecule has 1 aliphatic rings. The number of hydrogen-bond donors (Lipinski definition) is 2. The summed E-state index contributed by atoms with van der Waals surface area (Å²) in [5.74, 6) is -0.901. The van der Waals surface area contributed by atoms with E-state index in [1.165, 1.54) is 0 Å². The van der Waals surface area contributed by atoms with Crippen LogP contribution in [0.25, 0.3) is 22.3 Å². The lowest BCUT2D eigenvalue weighted by molar-refractivity contribution is -0.536. The Morgan fingerprint density at radius 2 is 0.893 bits per heavy atom. The van der Waals surface area contributed by atoms with Crippen LogP contribution in [0.4, 0.5) is 22.7 Å². The molecule has 6 aromatic rings. The quantitative estimate of drug-likeness (QED) is 0.115. The maximum Gasteiger partial charge on any atom is 0.121 e. The molecule has 1 aliphatic carbocycles. The lowest BCUT2D eigenvalue weighted by Gasteiger charge is -2.61. The third-order valence-corrected chi connectivity index (χ3v) is 11.2.